The maximum Gasteiger partial charge on any atom is 0.313 e. The summed E-state index contributed by atoms with van der Waals surface area (Å²) in [6.07, 6.45) is 2.91. The normalized spacial score (nSPS) is 12.8. The van der Waals surface area contributed by atoms with E-state index in [0.717, 1.165) is 26.9 Å². The number of benzene rings is 2. The Morgan fingerprint density at radius 3 is 1.54 bits per heavy atom. The lowest BCUT2D eigenvalue weighted by atomic mass is 10.0. The molecule has 0 aliphatic heterocycles. The largest absolute Gasteiger partial charge is 0.496 e. The zero-order valence-electron chi connectivity index (χ0n) is 21.2. The van der Waals surface area contributed by atoms with Gasteiger partial charge in [-0.3, -0.25) is 9.59 Å². The fourth-order valence-corrected chi connectivity index (χ4v) is 6.55. The molecular weight excluding hydrogens is 544 g/mol. The quantitative estimate of drug-likeness (QED) is 0.205. The Hall–Kier alpha value is -3.90. The predicted molar refractivity (Wildman–Crippen MR) is 146 cm³/mol. The summed E-state index contributed by atoms with van der Waals surface area (Å²) in [5.41, 5.74) is 3.14. The lowest BCUT2D eigenvalue weighted by Gasteiger charge is -2.11. The Bertz CT molecular complexity index is 1430. The maximum absolute atomic E-state index is 11.6. The number of fused-ring (bicyclic) bond motifs is 2. The van der Waals surface area contributed by atoms with Crippen LogP contribution in [0, 0.1) is 0 Å². The zero-order valence-corrected chi connectivity index (χ0v) is 22.8. The first-order valence-corrected chi connectivity index (χ1v) is 13.7. The van der Waals surface area contributed by atoms with Gasteiger partial charge in [-0.05, 0) is 54.7 Å². The molecule has 2 unspecified atom stereocenters. The zero-order chi connectivity index (χ0) is 28.1. The Balaban J connectivity index is 1.56. The standard InChI is InChI=1S/C27H26N2O8S2/c1-36-20-12-22-18(28-24(38-22)16(6-8-30)26(32)33)10-14(20)4-3-5-15-11-19-23(13-21(15)37-2)39-25(29-19)17(7-9-31)27(34)35/h8-13,16-17H,3-7H2,1-2H3,(H,32,33)(H,34,35). The van der Waals surface area contributed by atoms with Crippen LogP contribution in [0.5, 0.6) is 11.5 Å². The minimum absolute atomic E-state index is 0.139. The summed E-state index contributed by atoms with van der Waals surface area (Å²) in [6.45, 7) is 0. The summed E-state index contributed by atoms with van der Waals surface area (Å²) < 4.78 is 12.7. The van der Waals surface area contributed by atoms with E-state index in [1.807, 2.05) is 24.3 Å². The van der Waals surface area contributed by atoms with Gasteiger partial charge in [0.2, 0.25) is 0 Å². The molecule has 2 N–H and O–H groups in total. The fourth-order valence-electron chi connectivity index (χ4n) is 4.38. The molecular formula is C27H26N2O8S2. The van der Waals surface area contributed by atoms with Crippen LogP contribution in [-0.2, 0) is 32.0 Å². The lowest BCUT2D eigenvalue weighted by molar-refractivity contribution is -0.140. The highest BCUT2D eigenvalue weighted by Gasteiger charge is 2.25. The smallest absolute Gasteiger partial charge is 0.313 e. The molecule has 12 heteroatoms. The van der Waals surface area contributed by atoms with E-state index in [-0.39, 0.29) is 12.8 Å². The van der Waals surface area contributed by atoms with Crippen LogP contribution in [-0.4, -0.2) is 58.9 Å². The number of ether oxygens (including phenoxy) is 2. The van der Waals surface area contributed by atoms with Gasteiger partial charge in [0.1, 0.15) is 45.9 Å². The predicted octanol–water partition coefficient (Wildman–Crippen LogP) is 4.61. The van der Waals surface area contributed by atoms with Gasteiger partial charge in [0.15, 0.2) is 0 Å². The van der Waals surface area contributed by atoms with Crippen molar-refractivity contribution in [2.45, 2.75) is 43.9 Å². The fraction of sp³-hybridized carbons (Fsp3) is 0.333. The van der Waals surface area contributed by atoms with E-state index in [1.54, 1.807) is 14.2 Å². The first kappa shape index (κ1) is 28.1. The second-order valence-electron chi connectivity index (χ2n) is 8.81. The van der Waals surface area contributed by atoms with Crippen LogP contribution in [0.4, 0.5) is 0 Å². The first-order valence-electron chi connectivity index (χ1n) is 12.1. The number of nitrogens with zero attached hydrogens (tertiary/aromatic N) is 2. The number of aryl methyl sites for hydroxylation is 2. The summed E-state index contributed by atoms with van der Waals surface area (Å²) in [4.78, 5) is 54.1. The number of carboxylic acids is 2. The minimum Gasteiger partial charge on any atom is -0.496 e. The highest BCUT2D eigenvalue weighted by molar-refractivity contribution is 7.19. The van der Waals surface area contributed by atoms with Gasteiger partial charge in [-0.2, -0.15) is 0 Å². The van der Waals surface area contributed by atoms with Crippen LogP contribution in [0.2, 0.25) is 0 Å². The summed E-state index contributed by atoms with van der Waals surface area (Å²) in [7, 11) is 3.15. The van der Waals surface area contributed by atoms with Crippen molar-refractivity contribution in [2.75, 3.05) is 14.2 Å². The van der Waals surface area contributed by atoms with Crippen LogP contribution in [0.3, 0.4) is 0 Å². The molecule has 2 heterocycles. The summed E-state index contributed by atoms with van der Waals surface area (Å²) >= 11 is 2.48. The molecule has 0 aliphatic rings. The second kappa shape index (κ2) is 12.3. The van der Waals surface area contributed by atoms with Crippen LogP contribution < -0.4 is 9.47 Å². The molecule has 204 valence electrons. The van der Waals surface area contributed by atoms with Crippen molar-refractivity contribution in [3.63, 3.8) is 0 Å². The number of carbonyl (C=O) groups excluding carboxylic acids is 2. The van der Waals surface area contributed by atoms with E-state index >= 15 is 0 Å². The summed E-state index contributed by atoms with van der Waals surface area (Å²) in [5.74, 6) is -2.80. The number of hydrogen-bond donors (Lipinski definition) is 2. The molecule has 4 rings (SSSR count). The van der Waals surface area contributed by atoms with Crippen molar-refractivity contribution in [1.82, 2.24) is 9.97 Å². The molecule has 0 saturated carbocycles. The summed E-state index contributed by atoms with van der Waals surface area (Å²) in [5, 5.41) is 19.7. The van der Waals surface area contributed by atoms with Gasteiger partial charge >= 0.3 is 11.9 Å². The Morgan fingerprint density at radius 1 is 0.795 bits per heavy atom. The van der Waals surface area contributed by atoms with Crippen LogP contribution >= 0.6 is 22.7 Å². The van der Waals surface area contributed by atoms with Gasteiger partial charge in [0, 0.05) is 12.8 Å². The van der Waals surface area contributed by atoms with E-state index < -0.39 is 23.8 Å². The molecule has 0 radical (unpaired) electrons. The average molecular weight is 571 g/mol. The molecule has 2 atom stereocenters. The molecule has 0 aliphatic carbocycles. The molecule has 2 aromatic carbocycles. The Labute approximate surface area is 231 Å². The van der Waals surface area contributed by atoms with Gasteiger partial charge in [-0.1, -0.05) is 0 Å². The van der Waals surface area contributed by atoms with Crippen LogP contribution in [0.1, 0.15) is 52.2 Å². The van der Waals surface area contributed by atoms with Crippen molar-refractivity contribution >= 4 is 67.6 Å². The van der Waals surface area contributed by atoms with Crippen molar-refractivity contribution < 1.29 is 38.9 Å². The topological polar surface area (TPSA) is 153 Å². The van der Waals surface area contributed by atoms with Crippen LogP contribution in [0.25, 0.3) is 20.4 Å². The van der Waals surface area contributed by atoms with Crippen molar-refractivity contribution in [1.29, 1.82) is 0 Å². The van der Waals surface area contributed by atoms with Gasteiger partial charge in [-0.15, -0.1) is 22.7 Å². The van der Waals surface area contributed by atoms with Gasteiger partial charge < -0.3 is 29.3 Å². The van der Waals surface area contributed by atoms with Crippen LogP contribution in [0.15, 0.2) is 24.3 Å². The highest BCUT2D eigenvalue weighted by atomic mass is 32.1. The molecule has 10 nitrogen and oxygen atoms in total. The Kier molecular flexibility index (Phi) is 8.87. The number of carbonyl (C=O) groups is 4. The molecule has 0 saturated heterocycles. The highest BCUT2D eigenvalue weighted by Crippen LogP contribution is 2.36. The Morgan fingerprint density at radius 2 is 1.21 bits per heavy atom. The molecule has 0 spiro atoms. The number of methoxy groups -OCH3 is 2. The monoisotopic (exact) mass is 570 g/mol. The van der Waals surface area contributed by atoms with E-state index in [1.165, 1.54) is 22.7 Å². The number of aliphatic carboxylic acids is 2. The average Bonchev–Trinajstić information content (AvgIpc) is 3.51. The van der Waals surface area contributed by atoms with Gasteiger partial charge in [0.05, 0.1) is 34.7 Å². The molecule has 0 fully saturated rings. The van der Waals surface area contributed by atoms with Crippen molar-refractivity contribution in [3.05, 3.63) is 45.4 Å². The first-order chi connectivity index (χ1) is 18.8. The molecule has 2 aromatic heterocycles. The molecule has 39 heavy (non-hydrogen) atoms. The third kappa shape index (κ3) is 6.07. The van der Waals surface area contributed by atoms with E-state index in [0.29, 0.717) is 58.0 Å². The summed E-state index contributed by atoms with van der Waals surface area (Å²) in [6, 6.07) is 7.46. The number of rotatable bonds is 14. The minimum atomic E-state index is -1.09. The number of aldehydes is 2. The van der Waals surface area contributed by atoms with E-state index in [4.69, 9.17) is 9.47 Å². The van der Waals surface area contributed by atoms with Gasteiger partial charge in [0.25, 0.3) is 0 Å². The number of carboxylic acid groups (broad SMARTS) is 2. The number of hydrogen-bond acceptors (Lipinski definition) is 10. The lowest BCUT2D eigenvalue weighted by Crippen LogP contribution is -2.11. The molecule has 0 amide bonds. The second-order valence-corrected chi connectivity index (χ2v) is 10.9. The van der Waals surface area contributed by atoms with E-state index in [2.05, 4.69) is 9.97 Å². The molecule has 0 bridgehead atoms. The third-order valence-corrected chi connectivity index (χ3v) is 8.63. The third-order valence-electron chi connectivity index (χ3n) is 6.36. The maximum atomic E-state index is 11.6. The van der Waals surface area contributed by atoms with Crippen molar-refractivity contribution in [2.24, 2.45) is 0 Å². The van der Waals surface area contributed by atoms with E-state index in [9.17, 15) is 29.4 Å². The van der Waals surface area contributed by atoms with Gasteiger partial charge in [-0.25, -0.2) is 9.97 Å². The number of aromatic nitrogens is 2. The SMILES string of the molecule is COc1cc2sc(C(CC=O)C(=O)O)nc2cc1CCCc1cc2nc(C(CC=O)C(=O)O)sc2cc1OC. The van der Waals surface area contributed by atoms with Crippen molar-refractivity contribution in [3.8, 4) is 11.5 Å². The molecule has 4 aromatic rings. The number of thiazole rings is 2.